The second kappa shape index (κ2) is 4.92. The maximum atomic E-state index is 13.2. The van der Waals surface area contributed by atoms with Gasteiger partial charge >= 0.3 is 6.18 Å². The van der Waals surface area contributed by atoms with Crippen LogP contribution in [0.25, 0.3) is 0 Å². The van der Waals surface area contributed by atoms with Crippen molar-refractivity contribution in [3.63, 3.8) is 0 Å². The van der Waals surface area contributed by atoms with E-state index in [-0.39, 0.29) is 25.6 Å². The molecule has 118 valence electrons. The molecular formula is C12H13F4NO3S. The van der Waals surface area contributed by atoms with Crippen LogP contribution in [0, 0.1) is 5.82 Å². The fourth-order valence-electron chi connectivity index (χ4n) is 2.14. The SMILES string of the molecule is CC1(O)CCN(S(=O)(=O)c2ccc(F)c(C(F)(F)F)c2)C1. The molecule has 0 radical (unpaired) electrons. The quantitative estimate of drug-likeness (QED) is 0.845. The molecule has 9 heteroatoms. The molecule has 0 bridgehead atoms. The lowest BCUT2D eigenvalue weighted by atomic mass is 10.1. The number of sulfonamides is 1. The van der Waals surface area contributed by atoms with Crippen LogP contribution in [0.4, 0.5) is 17.6 Å². The number of β-amino-alcohol motifs (C(OH)–C–C–N with tert-alkyl or cyclic N) is 1. The third-order valence-corrected chi connectivity index (χ3v) is 5.14. The first-order valence-corrected chi connectivity index (χ1v) is 7.47. The molecule has 1 aliphatic heterocycles. The lowest BCUT2D eigenvalue weighted by Crippen LogP contribution is -2.34. The minimum absolute atomic E-state index is 0.00589. The molecular weight excluding hydrogens is 314 g/mol. The van der Waals surface area contributed by atoms with E-state index in [1.807, 2.05) is 0 Å². The number of benzene rings is 1. The molecule has 0 saturated carbocycles. The summed E-state index contributed by atoms with van der Waals surface area (Å²) in [7, 11) is -4.20. The van der Waals surface area contributed by atoms with E-state index >= 15 is 0 Å². The molecule has 1 aromatic carbocycles. The molecule has 1 N–H and O–H groups in total. The van der Waals surface area contributed by atoms with E-state index in [9.17, 15) is 31.1 Å². The summed E-state index contributed by atoms with van der Waals surface area (Å²) >= 11 is 0. The molecule has 1 heterocycles. The average Bonchev–Trinajstić information content (AvgIpc) is 2.69. The van der Waals surface area contributed by atoms with Gasteiger partial charge in [-0.05, 0) is 31.5 Å². The van der Waals surface area contributed by atoms with Crippen LogP contribution < -0.4 is 0 Å². The fourth-order valence-corrected chi connectivity index (χ4v) is 3.72. The summed E-state index contributed by atoms with van der Waals surface area (Å²) in [5.41, 5.74) is -2.85. The summed E-state index contributed by atoms with van der Waals surface area (Å²) in [5, 5.41) is 9.76. The van der Waals surface area contributed by atoms with Gasteiger partial charge in [-0.1, -0.05) is 0 Å². The van der Waals surface area contributed by atoms with Crippen molar-refractivity contribution in [1.29, 1.82) is 0 Å². The summed E-state index contributed by atoms with van der Waals surface area (Å²) in [6, 6.07) is 1.54. The first-order valence-electron chi connectivity index (χ1n) is 6.03. The van der Waals surface area contributed by atoms with Crippen molar-refractivity contribution < 1.29 is 31.1 Å². The van der Waals surface area contributed by atoms with Gasteiger partial charge < -0.3 is 5.11 Å². The predicted octanol–water partition coefficient (Wildman–Crippen LogP) is 1.99. The Morgan fingerprint density at radius 2 is 1.95 bits per heavy atom. The molecule has 1 aromatic rings. The number of hydrogen-bond acceptors (Lipinski definition) is 3. The third kappa shape index (κ3) is 3.19. The minimum Gasteiger partial charge on any atom is -0.389 e. The highest BCUT2D eigenvalue weighted by atomic mass is 32.2. The van der Waals surface area contributed by atoms with Gasteiger partial charge in [0.1, 0.15) is 5.82 Å². The summed E-state index contributed by atoms with van der Waals surface area (Å²) in [6.45, 7) is 1.22. The number of hydrogen-bond donors (Lipinski definition) is 1. The molecule has 4 nitrogen and oxygen atoms in total. The van der Waals surface area contributed by atoms with Crippen molar-refractivity contribution >= 4 is 10.0 Å². The van der Waals surface area contributed by atoms with Crippen LogP contribution >= 0.6 is 0 Å². The molecule has 2 rings (SSSR count). The molecule has 0 aromatic heterocycles. The normalized spacial score (nSPS) is 24.5. The van der Waals surface area contributed by atoms with Gasteiger partial charge in [0, 0.05) is 13.1 Å². The molecule has 1 unspecified atom stereocenters. The largest absolute Gasteiger partial charge is 0.419 e. The summed E-state index contributed by atoms with van der Waals surface area (Å²) in [4.78, 5) is -0.645. The second-order valence-electron chi connectivity index (χ2n) is 5.22. The maximum absolute atomic E-state index is 13.2. The van der Waals surface area contributed by atoms with Gasteiger partial charge in [0.25, 0.3) is 0 Å². The zero-order valence-electron chi connectivity index (χ0n) is 11.0. The number of halogens is 4. The molecule has 0 aliphatic carbocycles. The van der Waals surface area contributed by atoms with E-state index in [4.69, 9.17) is 0 Å². The Morgan fingerprint density at radius 1 is 1.33 bits per heavy atom. The van der Waals surface area contributed by atoms with Crippen molar-refractivity contribution in [2.45, 2.75) is 30.0 Å². The second-order valence-corrected chi connectivity index (χ2v) is 7.16. The topological polar surface area (TPSA) is 57.6 Å². The van der Waals surface area contributed by atoms with E-state index in [0.29, 0.717) is 6.07 Å². The van der Waals surface area contributed by atoms with Crippen LogP contribution in [-0.4, -0.2) is 36.5 Å². The van der Waals surface area contributed by atoms with E-state index in [1.165, 1.54) is 6.92 Å². The van der Waals surface area contributed by atoms with Gasteiger partial charge in [0.15, 0.2) is 0 Å². The maximum Gasteiger partial charge on any atom is 0.419 e. The van der Waals surface area contributed by atoms with Gasteiger partial charge in [0.2, 0.25) is 10.0 Å². The monoisotopic (exact) mass is 327 g/mol. The van der Waals surface area contributed by atoms with E-state index in [2.05, 4.69) is 0 Å². The smallest absolute Gasteiger partial charge is 0.389 e. The fraction of sp³-hybridized carbons (Fsp3) is 0.500. The molecule has 1 saturated heterocycles. The van der Waals surface area contributed by atoms with Crippen molar-refractivity contribution in [1.82, 2.24) is 4.31 Å². The highest BCUT2D eigenvalue weighted by Gasteiger charge is 2.40. The number of rotatable bonds is 2. The molecule has 0 spiro atoms. The number of alkyl halides is 3. The first-order chi connectivity index (χ1) is 9.43. The van der Waals surface area contributed by atoms with E-state index in [0.717, 1.165) is 10.4 Å². The summed E-state index contributed by atoms with van der Waals surface area (Å²) in [5.74, 6) is -1.53. The predicted molar refractivity (Wildman–Crippen MR) is 65.4 cm³/mol. The molecule has 21 heavy (non-hydrogen) atoms. The van der Waals surface area contributed by atoms with Crippen molar-refractivity contribution in [2.24, 2.45) is 0 Å². The highest BCUT2D eigenvalue weighted by Crippen LogP contribution is 2.34. The Morgan fingerprint density at radius 3 is 2.43 bits per heavy atom. The Kier molecular flexibility index (Phi) is 3.79. The zero-order valence-corrected chi connectivity index (χ0v) is 11.8. The standard InChI is InChI=1S/C12H13F4NO3S/c1-11(18)4-5-17(7-11)21(19,20)8-2-3-10(13)9(6-8)12(14,15)16/h2-3,6,18H,4-5,7H2,1H3. The van der Waals surface area contributed by atoms with Crippen molar-refractivity contribution in [2.75, 3.05) is 13.1 Å². The summed E-state index contributed by atoms with van der Waals surface area (Å²) < 4.78 is 76.4. The molecule has 0 amide bonds. The molecule has 1 atom stereocenters. The Labute approximate surface area is 119 Å². The lowest BCUT2D eigenvalue weighted by molar-refractivity contribution is -0.140. The van der Waals surface area contributed by atoms with Crippen LogP contribution in [-0.2, 0) is 16.2 Å². The van der Waals surface area contributed by atoms with Crippen LogP contribution in [0.1, 0.15) is 18.9 Å². The zero-order chi connectivity index (χ0) is 16.1. The van der Waals surface area contributed by atoms with E-state index < -0.39 is 38.1 Å². The Balaban J connectivity index is 2.43. The van der Waals surface area contributed by atoms with Crippen molar-refractivity contribution in [3.05, 3.63) is 29.6 Å². The summed E-state index contributed by atoms with van der Waals surface area (Å²) in [6.07, 6.45) is -4.80. The highest BCUT2D eigenvalue weighted by molar-refractivity contribution is 7.89. The number of aliphatic hydroxyl groups is 1. The van der Waals surface area contributed by atoms with Gasteiger partial charge in [-0.25, -0.2) is 12.8 Å². The van der Waals surface area contributed by atoms with Crippen LogP contribution in [0.2, 0.25) is 0 Å². The minimum atomic E-state index is -4.98. The molecule has 1 aliphatic rings. The Hall–Kier alpha value is -1.19. The van der Waals surface area contributed by atoms with Gasteiger partial charge in [-0.2, -0.15) is 17.5 Å². The third-order valence-electron chi connectivity index (χ3n) is 3.30. The van der Waals surface area contributed by atoms with Crippen LogP contribution in [0.3, 0.4) is 0 Å². The van der Waals surface area contributed by atoms with E-state index in [1.54, 1.807) is 0 Å². The number of nitrogens with zero attached hydrogens (tertiary/aromatic N) is 1. The first kappa shape index (κ1) is 16.2. The van der Waals surface area contributed by atoms with Crippen molar-refractivity contribution in [3.8, 4) is 0 Å². The van der Waals surface area contributed by atoms with Gasteiger partial charge in [-0.3, -0.25) is 0 Å². The molecule has 1 fully saturated rings. The van der Waals surface area contributed by atoms with Crippen LogP contribution in [0.5, 0.6) is 0 Å². The Bertz CT molecular complexity index is 655. The van der Waals surface area contributed by atoms with Gasteiger partial charge in [0.05, 0.1) is 16.1 Å². The average molecular weight is 327 g/mol. The van der Waals surface area contributed by atoms with Gasteiger partial charge in [-0.15, -0.1) is 0 Å². The lowest BCUT2D eigenvalue weighted by Gasteiger charge is -2.19. The van der Waals surface area contributed by atoms with Crippen LogP contribution in [0.15, 0.2) is 23.1 Å².